The average Bonchev–Trinajstić information content (AvgIpc) is 1.14. The number of anilines is 1. The van der Waals surface area contributed by atoms with E-state index in [1.165, 1.54) is 82.5 Å². The van der Waals surface area contributed by atoms with E-state index in [4.69, 9.17) is 65.4 Å². The van der Waals surface area contributed by atoms with Crippen molar-refractivity contribution in [2.75, 3.05) is 84.1 Å². The zero-order chi connectivity index (χ0) is 104. The molecular formula is C106H122Br4Cl2FN2O21P5. The SMILES string of the molecule is CC(C)c1cc(Oc2c(Br)cc(OCP(C)(=O)OCOC(=O)C(C)(C)C)cc2Br)ccc1O.CP(=O)(O)CNc1cc(Cl)c(Oc2ccc(O)c3ccccc23)c(Cl)c1.CP(C)(=O)COc1cc(Br)c(Oc2ccc(O)c(Cc3ccc(F)cc3)c2)c(Br)c1.Cc1cc(COP(C)(=O)O)cc(C)c1Cc1ccc(O)c(C(C)C)c1.Cc1cc(OCP(C)(C)=O)cc(C)c1Cc1ccc2[nH]cc(C(C)C)c2c1. The molecule has 12 aromatic carbocycles. The fourth-order valence-electron chi connectivity index (χ4n) is 14.2. The maximum absolute atomic E-state index is 13.1. The number of rotatable bonds is 33. The van der Waals surface area contributed by atoms with Crippen molar-refractivity contribution in [2.45, 2.75) is 134 Å². The number of aromatic amines is 1. The van der Waals surface area contributed by atoms with Gasteiger partial charge in [-0.05, 0) is 364 Å². The molecule has 756 valence electrons. The fraction of sp³-hybridized carbons (Fsp3) is 0.311. The van der Waals surface area contributed by atoms with E-state index in [2.05, 4.69) is 158 Å². The standard InChI is InChI=1S/C23H29Br2O7P.C23H30NO2P.C22H20Br2FO4P.C20H27O4P.C18H16Cl2NO4P/c1-14(2)17-9-15(7-8-20(17)26)32-21-18(24)10-16(11-19(21)25)30-13-33(6,28)31-12-29-22(27)23(3,4)5;1-15(2)22-13-24-23-8-7-18(12-21(22)23)11-20-16(3)9-19(10-17(20)4)26-14-27(5,6)25;1-30(2,27)13-28-18-11-19(23)22(20(24)12-18)29-17-7-8-21(26)15(10-17)9-14-3-5-16(25)6-4-14;1-13(2)18-10-16(6-7-20(18)21)11-19-14(3)8-17(9-15(19)4)12-24-25(5,22)23;1-26(23,24)10-21-11-8-14(19)18(15(20)9-11)25-17-7-6-16(22)12-4-2-3-5-13(12)17/h7-11,14,26H,12-13H2,1-6H3;7-10,12-13,15,24H,11,14H2,1-6H3;3-8,10-12,26H,9,13H2,1-2H3;6-10,13,21H,11-12H2,1-5H3,(H,22,23);2-9,21-22H,10H2,1H3,(H,23,24). The maximum Gasteiger partial charge on any atom is 0.325 e. The molecule has 0 fully saturated rings. The molecule has 0 spiro atoms. The Morgan fingerprint density at radius 3 is 1.40 bits per heavy atom. The number of hydrogen-bond acceptors (Lipinski definition) is 20. The molecule has 0 saturated heterocycles. The quantitative estimate of drug-likeness (QED) is 0.0108. The molecule has 0 amide bonds. The van der Waals surface area contributed by atoms with E-state index in [1.807, 2.05) is 64.1 Å². The number of fused-ring (bicyclic) bond motifs is 2. The Balaban J connectivity index is 0.000000197. The molecule has 0 saturated carbocycles. The molecule has 141 heavy (non-hydrogen) atoms. The minimum Gasteiger partial charge on any atom is -0.508 e. The predicted molar refractivity (Wildman–Crippen MR) is 583 cm³/mol. The van der Waals surface area contributed by atoms with E-state index in [1.54, 1.807) is 151 Å². The van der Waals surface area contributed by atoms with E-state index in [0.717, 1.165) is 57.5 Å². The van der Waals surface area contributed by atoms with E-state index in [9.17, 15) is 62.2 Å². The Labute approximate surface area is 869 Å². The molecule has 8 N–H and O–H groups in total. The van der Waals surface area contributed by atoms with Gasteiger partial charge < -0.3 is 87.3 Å². The van der Waals surface area contributed by atoms with Crippen LogP contribution in [0.2, 0.25) is 10.0 Å². The van der Waals surface area contributed by atoms with Crippen LogP contribution in [0.5, 0.6) is 74.7 Å². The second-order valence-corrected chi connectivity index (χ2v) is 55.3. The number of ether oxygens (including phenoxy) is 7. The number of phenolic OH excluding ortho intramolecular Hbond substituents is 4. The number of aromatic hydroxyl groups is 4. The van der Waals surface area contributed by atoms with E-state index < -0.39 is 54.8 Å². The fourth-order valence-corrected chi connectivity index (χ4v) is 19.9. The normalized spacial score (nSPS) is 12.8. The second-order valence-electron chi connectivity index (χ2n) is 37.4. The minimum absolute atomic E-state index is 0.0948. The molecule has 13 rings (SSSR count). The van der Waals surface area contributed by atoms with E-state index in [-0.39, 0.29) is 82.6 Å². The maximum atomic E-state index is 13.1. The summed E-state index contributed by atoms with van der Waals surface area (Å²) in [6.45, 7) is 36.5. The Hall–Kier alpha value is -8.87. The highest BCUT2D eigenvalue weighted by molar-refractivity contribution is 9.11. The van der Waals surface area contributed by atoms with Gasteiger partial charge in [0.15, 0.2) is 30.4 Å². The minimum atomic E-state index is -3.47. The van der Waals surface area contributed by atoms with Crippen LogP contribution >= 0.6 is 124 Å². The van der Waals surface area contributed by atoms with Crippen molar-refractivity contribution in [2.24, 2.45) is 5.41 Å². The molecule has 23 nitrogen and oxygen atoms in total. The van der Waals surface area contributed by atoms with Gasteiger partial charge in [-0.2, -0.15) is 0 Å². The first-order valence-electron chi connectivity index (χ1n) is 44.8. The number of aromatic nitrogens is 1. The summed E-state index contributed by atoms with van der Waals surface area (Å²) >= 11 is 26.5. The summed E-state index contributed by atoms with van der Waals surface area (Å²) < 4.78 is 125. The zero-order valence-electron chi connectivity index (χ0n) is 82.3. The number of H-pyrrole nitrogens is 1. The lowest BCUT2D eigenvalue weighted by Crippen LogP contribution is -2.23. The Morgan fingerprint density at radius 1 is 0.454 bits per heavy atom. The lowest BCUT2D eigenvalue weighted by molar-refractivity contribution is -0.159. The number of halogens is 7. The summed E-state index contributed by atoms with van der Waals surface area (Å²) in [5.41, 5.74) is 16.3. The summed E-state index contributed by atoms with van der Waals surface area (Å²) in [6, 6.07) is 57.2. The van der Waals surface area contributed by atoms with Crippen LogP contribution in [0.15, 0.2) is 218 Å². The molecule has 35 heteroatoms. The van der Waals surface area contributed by atoms with E-state index >= 15 is 0 Å². The summed E-state index contributed by atoms with van der Waals surface area (Å²) in [4.78, 5) is 33.8. The van der Waals surface area contributed by atoms with Crippen LogP contribution in [0, 0.1) is 38.9 Å². The van der Waals surface area contributed by atoms with Gasteiger partial charge in [0.05, 0.1) is 46.2 Å². The van der Waals surface area contributed by atoms with Crippen molar-refractivity contribution in [1.29, 1.82) is 0 Å². The molecular weight excluding hydrogens is 2200 g/mol. The van der Waals surface area contributed by atoms with Crippen LogP contribution in [0.3, 0.4) is 0 Å². The molecule has 0 aliphatic heterocycles. The first-order chi connectivity index (χ1) is 65.7. The van der Waals surface area contributed by atoms with Gasteiger partial charge >= 0.3 is 13.6 Å². The third kappa shape index (κ3) is 36.4. The monoisotopic (exact) mass is 2320 g/mol. The Morgan fingerprint density at radius 2 is 0.901 bits per heavy atom. The summed E-state index contributed by atoms with van der Waals surface area (Å²) in [5, 5.41) is 46.2. The lowest BCUT2D eigenvalue weighted by Gasteiger charge is -2.19. The van der Waals surface area contributed by atoms with Crippen LogP contribution in [-0.4, -0.2) is 120 Å². The topological polar surface area (TPSA) is 335 Å². The van der Waals surface area contributed by atoms with Crippen LogP contribution in [0.1, 0.15) is 158 Å². The van der Waals surface area contributed by atoms with Crippen LogP contribution in [-0.2, 0) is 67.3 Å². The van der Waals surface area contributed by atoms with Crippen molar-refractivity contribution in [3.8, 4) is 74.7 Å². The largest absolute Gasteiger partial charge is 0.508 e. The predicted octanol–water partition coefficient (Wildman–Crippen LogP) is 32.5. The van der Waals surface area contributed by atoms with Gasteiger partial charge in [0.1, 0.15) is 90.3 Å². The van der Waals surface area contributed by atoms with Gasteiger partial charge in [0.25, 0.3) is 0 Å². The van der Waals surface area contributed by atoms with Crippen molar-refractivity contribution < 1.29 is 104 Å². The van der Waals surface area contributed by atoms with Gasteiger partial charge in [0, 0.05) is 71.1 Å². The third-order valence-electron chi connectivity index (χ3n) is 21.5. The zero-order valence-corrected chi connectivity index (χ0v) is 94.7. The van der Waals surface area contributed by atoms with Crippen molar-refractivity contribution >= 4 is 157 Å². The average molecular weight is 2320 g/mol. The van der Waals surface area contributed by atoms with Crippen LogP contribution in [0.25, 0.3) is 21.7 Å². The summed E-state index contributed by atoms with van der Waals surface area (Å²) in [6.07, 6.45) is 4.39. The molecule has 0 aliphatic rings. The highest BCUT2D eigenvalue weighted by Gasteiger charge is 2.28. The lowest BCUT2D eigenvalue weighted by atomic mass is 9.92. The van der Waals surface area contributed by atoms with Gasteiger partial charge in [-0.15, -0.1) is 0 Å². The smallest absolute Gasteiger partial charge is 0.325 e. The highest BCUT2D eigenvalue weighted by atomic mass is 79.9. The van der Waals surface area contributed by atoms with Crippen molar-refractivity contribution in [1.82, 2.24) is 4.98 Å². The number of carbonyl (C=O) groups excluding carboxylic acids is 1. The molecule has 3 unspecified atom stereocenters. The second kappa shape index (κ2) is 50.8. The molecule has 0 radical (unpaired) electrons. The van der Waals surface area contributed by atoms with Crippen molar-refractivity contribution in [3.05, 3.63) is 312 Å². The number of nitrogens with one attached hydrogen (secondary N) is 2. The van der Waals surface area contributed by atoms with Crippen molar-refractivity contribution in [3.63, 3.8) is 0 Å². The highest BCUT2D eigenvalue weighted by Crippen LogP contribution is 2.50. The van der Waals surface area contributed by atoms with Gasteiger partial charge in [0.2, 0.25) is 14.7 Å². The molecule has 0 bridgehead atoms. The van der Waals surface area contributed by atoms with Gasteiger partial charge in [-0.25, -0.2) is 4.39 Å². The first-order valence-corrected chi connectivity index (χ1v) is 60.9. The van der Waals surface area contributed by atoms with Crippen LogP contribution in [0.4, 0.5) is 10.1 Å². The number of phenols is 4. The molecule has 3 atom stereocenters. The molecule has 1 aromatic heterocycles. The number of benzene rings is 12. The van der Waals surface area contributed by atoms with E-state index in [0.29, 0.717) is 98.2 Å². The molecule has 0 aliphatic carbocycles. The van der Waals surface area contributed by atoms with Gasteiger partial charge in [-0.1, -0.05) is 131 Å². The third-order valence-corrected chi connectivity index (χ3v) is 28.5. The number of esters is 1. The van der Waals surface area contributed by atoms with Gasteiger partial charge in [-0.3, -0.25) is 23.0 Å². The number of carbonyl (C=O) groups is 1. The summed E-state index contributed by atoms with van der Waals surface area (Å²) in [5.74, 6) is 5.74. The summed E-state index contributed by atoms with van der Waals surface area (Å²) in [7, 11) is -14.3. The Bertz CT molecular complexity index is 6760. The number of aryl methyl sites for hydroxylation is 4. The Kier molecular flexibility index (Phi) is 41.7. The number of hydrogen-bond donors (Lipinski definition) is 8. The molecule has 1 heterocycles. The first kappa shape index (κ1) is 116. The molecule has 13 aromatic rings. The van der Waals surface area contributed by atoms with Crippen LogP contribution < -0.4 is 33.7 Å².